The average molecular weight is 557 g/mol. The number of anilines is 1. The van der Waals surface area contributed by atoms with Gasteiger partial charge in [-0.15, -0.1) is 0 Å². The van der Waals surface area contributed by atoms with Gasteiger partial charge in [0.2, 0.25) is 5.91 Å². The number of methoxy groups -OCH3 is 2. The van der Waals surface area contributed by atoms with Crippen molar-refractivity contribution in [2.75, 3.05) is 19.5 Å². The lowest BCUT2D eigenvalue weighted by molar-refractivity contribution is -0.122. The molecule has 3 aliphatic heterocycles. The number of benzene rings is 4. The zero-order chi connectivity index (χ0) is 29.0. The summed E-state index contributed by atoms with van der Waals surface area (Å²) in [6, 6.07) is 27.6. The van der Waals surface area contributed by atoms with Gasteiger partial charge in [0.15, 0.2) is 11.6 Å². The Kier molecular flexibility index (Phi) is 5.97. The molecule has 0 aromatic heterocycles. The molecule has 0 radical (unpaired) electrons. The van der Waals surface area contributed by atoms with Crippen molar-refractivity contribution in [2.45, 2.75) is 17.5 Å². The highest BCUT2D eigenvalue weighted by atomic mass is 16.5. The van der Waals surface area contributed by atoms with Crippen LogP contribution < -0.4 is 14.8 Å². The van der Waals surface area contributed by atoms with Gasteiger partial charge in [0.25, 0.3) is 0 Å². The standard InChI is InChI=1S/C35H28N2O5/c1-41-23-17-15-22(16-18-23)31(38)29-30(32(39)25-11-5-8-14-28(25)42-2)37-20-19-21-9-3-4-10-24(21)33(37)35(29)26-12-6-7-13-27(26)36-34(35)40/h3-20,29-30,33H,1-2H3,(H,36,40)/t29-,30+,33+,35+/m0/s1. The summed E-state index contributed by atoms with van der Waals surface area (Å²) >= 11 is 0. The number of fused-ring (bicyclic) bond motifs is 6. The van der Waals surface area contributed by atoms with E-state index in [1.165, 1.54) is 7.11 Å². The normalized spacial score (nSPS) is 23.1. The van der Waals surface area contributed by atoms with Crippen LogP contribution in [0.2, 0.25) is 0 Å². The zero-order valence-corrected chi connectivity index (χ0v) is 23.1. The second-order valence-corrected chi connectivity index (χ2v) is 10.7. The fourth-order valence-electron chi connectivity index (χ4n) is 7.11. The van der Waals surface area contributed by atoms with E-state index in [-0.39, 0.29) is 17.5 Å². The van der Waals surface area contributed by atoms with E-state index >= 15 is 0 Å². The Morgan fingerprint density at radius 2 is 1.52 bits per heavy atom. The van der Waals surface area contributed by atoms with Crippen LogP contribution in [0.25, 0.3) is 6.08 Å². The number of Topliss-reactive ketones (excluding diaryl/α,β-unsaturated/α-hetero) is 2. The lowest BCUT2D eigenvalue weighted by atomic mass is 9.62. The number of nitrogens with zero attached hydrogens (tertiary/aromatic N) is 1. The number of carbonyl (C=O) groups excluding carboxylic acids is 3. The van der Waals surface area contributed by atoms with Gasteiger partial charge in [-0.05, 0) is 65.2 Å². The number of nitrogens with one attached hydrogen (secondary N) is 1. The molecular formula is C35H28N2O5. The minimum absolute atomic E-state index is 0.289. The number of rotatable bonds is 6. The molecule has 7 rings (SSSR count). The largest absolute Gasteiger partial charge is 0.497 e. The topological polar surface area (TPSA) is 84.9 Å². The van der Waals surface area contributed by atoms with E-state index in [0.29, 0.717) is 33.9 Å². The third-order valence-corrected chi connectivity index (χ3v) is 8.87. The van der Waals surface area contributed by atoms with Gasteiger partial charge < -0.3 is 19.7 Å². The van der Waals surface area contributed by atoms with Crippen LogP contribution in [0.15, 0.2) is 103 Å². The zero-order valence-electron chi connectivity index (χ0n) is 23.1. The van der Waals surface area contributed by atoms with E-state index in [1.54, 1.807) is 55.6 Å². The first-order valence-electron chi connectivity index (χ1n) is 13.8. The smallest absolute Gasteiger partial charge is 0.238 e. The van der Waals surface area contributed by atoms with Crippen LogP contribution in [0, 0.1) is 5.92 Å². The van der Waals surface area contributed by atoms with E-state index in [9.17, 15) is 14.4 Å². The van der Waals surface area contributed by atoms with E-state index in [0.717, 1.165) is 11.1 Å². The van der Waals surface area contributed by atoms with Gasteiger partial charge in [0, 0.05) is 17.5 Å². The van der Waals surface area contributed by atoms with Crippen LogP contribution in [0.5, 0.6) is 11.5 Å². The highest BCUT2D eigenvalue weighted by Gasteiger charge is 2.70. The maximum atomic E-state index is 14.9. The second-order valence-electron chi connectivity index (χ2n) is 10.7. The van der Waals surface area contributed by atoms with Gasteiger partial charge in [-0.25, -0.2) is 0 Å². The van der Waals surface area contributed by atoms with Crippen molar-refractivity contribution >= 4 is 29.2 Å². The molecule has 4 aromatic rings. The van der Waals surface area contributed by atoms with Gasteiger partial charge in [-0.2, -0.15) is 0 Å². The van der Waals surface area contributed by atoms with Crippen molar-refractivity contribution in [3.05, 3.63) is 131 Å². The number of para-hydroxylation sites is 2. The van der Waals surface area contributed by atoms with Crippen molar-refractivity contribution in [2.24, 2.45) is 5.92 Å². The Morgan fingerprint density at radius 1 is 0.810 bits per heavy atom. The van der Waals surface area contributed by atoms with Crippen molar-refractivity contribution < 1.29 is 23.9 Å². The Bertz CT molecular complexity index is 1780. The lowest BCUT2D eigenvalue weighted by Crippen LogP contribution is -2.49. The Morgan fingerprint density at radius 3 is 2.31 bits per heavy atom. The van der Waals surface area contributed by atoms with Crippen LogP contribution in [-0.4, -0.2) is 42.6 Å². The summed E-state index contributed by atoms with van der Waals surface area (Å²) in [5.41, 5.74) is 2.53. The Balaban J connectivity index is 1.53. The van der Waals surface area contributed by atoms with Gasteiger partial charge >= 0.3 is 0 Å². The molecule has 0 saturated carbocycles. The minimum atomic E-state index is -1.39. The number of hydrogen-bond donors (Lipinski definition) is 1. The quantitative estimate of drug-likeness (QED) is 0.308. The molecule has 1 amide bonds. The third kappa shape index (κ3) is 3.49. The molecule has 0 bridgehead atoms. The van der Waals surface area contributed by atoms with E-state index in [4.69, 9.17) is 9.47 Å². The molecule has 7 heteroatoms. The molecule has 3 aliphatic rings. The molecule has 4 aromatic carbocycles. The van der Waals surface area contributed by atoms with Gasteiger partial charge in [0.05, 0.1) is 31.7 Å². The monoisotopic (exact) mass is 556 g/mol. The first-order valence-corrected chi connectivity index (χ1v) is 13.8. The van der Waals surface area contributed by atoms with Gasteiger partial charge in [-0.1, -0.05) is 54.6 Å². The Labute approximate surface area is 243 Å². The molecule has 1 saturated heterocycles. The molecule has 7 nitrogen and oxygen atoms in total. The van der Waals surface area contributed by atoms with Crippen molar-refractivity contribution in [1.29, 1.82) is 0 Å². The SMILES string of the molecule is COc1ccc(C(=O)[C@@H]2[C@H](C(=O)c3ccccc3OC)N3C=Cc4ccccc4[C@@H]3[C@]23C(=O)Nc2ccccc23)cc1. The summed E-state index contributed by atoms with van der Waals surface area (Å²) in [7, 11) is 3.08. The summed E-state index contributed by atoms with van der Waals surface area (Å²) in [4.78, 5) is 46.0. The molecule has 4 atom stereocenters. The molecule has 1 fully saturated rings. The van der Waals surface area contributed by atoms with Crippen LogP contribution >= 0.6 is 0 Å². The predicted octanol–water partition coefficient (Wildman–Crippen LogP) is 5.69. The van der Waals surface area contributed by atoms with Crippen LogP contribution in [0.3, 0.4) is 0 Å². The molecule has 0 aliphatic carbocycles. The maximum Gasteiger partial charge on any atom is 0.238 e. The fraction of sp³-hybridized carbons (Fsp3) is 0.171. The molecule has 1 N–H and O–H groups in total. The molecular weight excluding hydrogens is 528 g/mol. The van der Waals surface area contributed by atoms with Crippen molar-refractivity contribution in [3.8, 4) is 11.5 Å². The van der Waals surface area contributed by atoms with E-state index in [1.807, 2.05) is 65.7 Å². The highest BCUT2D eigenvalue weighted by molar-refractivity contribution is 6.17. The number of ketones is 2. The van der Waals surface area contributed by atoms with E-state index < -0.39 is 23.4 Å². The molecule has 3 heterocycles. The number of ether oxygens (including phenoxy) is 2. The molecule has 0 unspecified atom stereocenters. The third-order valence-electron chi connectivity index (χ3n) is 8.87. The second kappa shape index (κ2) is 9.73. The first-order chi connectivity index (χ1) is 20.5. The molecule has 1 spiro atoms. The summed E-state index contributed by atoms with van der Waals surface area (Å²) in [5, 5.41) is 3.07. The molecule has 42 heavy (non-hydrogen) atoms. The van der Waals surface area contributed by atoms with Crippen LogP contribution in [0.1, 0.15) is 43.4 Å². The number of hydrogen-bond acceptors (Lipinski definition) is 6. The number of carbonyl (C=O) groups is 3. The highest BCUT2D eigenvalue weighted by Crippen LogP contribution is 2.62. The summed E-state index contributed by atoms with van der Waals surface area (Å²) in [5.74, 6) is -0.930. The summed E-state index contributed by atoms with van der Waals surface area (Å²) < 4.78 is 10.9. The van der Waals surface area contributed by atoms with Crippen LogP contribution in [-0.2, 0) is 10.2 Å². The Hall–Kier alpha value is -5.17. The van der Waals surface area contributed by atoms with Crippen LogP contribution in [0.4, 0.5) is 5.69 Å². The van der Waals surface area contributed by atoms with E-state index in [2.05, 4.69) is 5.32 Å². The van der Waals surface area contributed by atoms with Gasteiger partial charge in [0.1, 0.15) is 23.0 Å². The fourth-order valence-corrected chi connectivity index (χ4v) is 7.11. The van der Waals surface area contributed by atoms with Crippen molar-refractivity contribution in [3.63, 3.8) is 0 Å². The van der Waals surface area contributed by atoms with Gasteiger partial charge in [-0.3, -0.25) is 14.4 Å². The van der Waals surface area contributed by atoms with Crippen molar-refractivity contribution in [1.82, 2.24) is 4.90 Å². The lowest BCUT2D eigenvalue weighted by Gasteiger charge is -2.38. The number of amides is 1. The first kappa shape index (κ1) is 25.8. The predicted molar refractivity (Wildman–Crippen MR) is 159 cm³/mol. The molecule has 208 valence electrons. The maximum absolute atomic E-state index is 14.9. The summed E-state index contributed by atoms with van der Waals surface area (Å²) in [6.07, 6.45) is 3.81. The average Bonchev–Trinajstić information content (AvgIpc) is 3.52. The minimum Gasteiger partial charge on any atom is -0.497 e. The summed E-state index contributed by atoms with van der Waals surface area (Å²) in [6.45, 7) is 0.